The van der Waals surface area contributed by atoms with Gasteiger partial charge in [0.15, 0.2) is 5.43 Å². The summed E-state index contributed by atoms with van der Waals surface area (Å²) in [6.45, 7) is 2.70. The molecule has 0 radical (unpaired) electrons. The van der Waals surface area contributed by atoms with E-state index in [1.165, 1.54) is 0 Å². The van der Waals surface area contributed by atoms with Crippen LogP contribution in [0.3, 0.4) is 0 Å². The molecule has 0 spiro atoms. The first kappa shape index (κ1) is 16.4. The summed E-state index contributed by atoms with van der Waals surface area (Å²) in [7, 11) is 1.69. The summed E-state index contributed by atoms with van der Waals surface area (Å²) in [6.07, 6.45) is 0.934. The Balaban J connectivity index is 1.83. The van der Waals surface area contributed by atoms with Gasteiger partial charge in [0.2, 0.25) is 5.76 Å². The molecule has 4 rings (SSSR count). The number of benzene rings is 2. The SMILES string of the molecule is CCCOc1ccc(C2c3c(oc4ccccc4c3=O)C(=O)N2C)cc1. The molecule has 1 aliphatic heterocycles. The molecule has 132 valence electrons. The zero-order valence-corrected chi connectivity index (χ0v) is 14.7. The lowest BCUT2D eigenvalue weighted by atomic mass is 9.99. The van der Waals surface area contributed by atoms with Crippen molar-refractivity contribution >= 4 is 16.9 Å². The van der Waals surface area contributed by atoms with E-state index in [9.17, 15) is 9.59 Å². The molecule has 0 N–H and O–H groups in total. The lowest BCUT2D eigenvalue weighted by Crippen LogP contribution is -2.25. The van der Waals surface area contributed by atoms with E-state index in [0.717, 1.165) is 17.7 Å². The number of amides is 1. The van der Waals surface area contributed by atoms with E-state index in [2.05, 4.69) is 0 Å². The van der Waals surface area contributed by atoms with Gasteiger partial charge in [-0.3, -0.25) is 9.59 Å². The average Bonchev–Trinajstić information content (AvgIpc) is 2.92. The number of carbonyl (C=O) groups excluding carboxylic acids is 1. The summed E-state index contributed by atoms with van der Waals surface area (Å²) in [6, 6.07) is 14.1. The minimum atomic E-state index is -0.460. The lowest BCUT2D eigenvalue weighted by Gasteiger charge is -2.20. The number of hydrogen-bond donors (Lipinski definition) is 0. The zero-order chi connectivity index (χ0) is 18.3. The van der Waals surface area contributed by atoms with Crippen molar-refractivity contribution < 1.29 is 13.9 Å². The van der Waals surface area contributed by atoms with Crippen molar-refractivity contribution in [3.05, 3.63) is 75.6 Å². The molecule has 0 saturated carbocycles. The van der Waals surface area contributed by atoms with Crippen LogP contribution in [0.4, 0.5) is 0 Å². The first-order chi connectivity index (χ1) is 12.6. The van der Waals surface area contributed by atoms with Gasteiger partial charge in [-0.1, -0.05) is 31.2 Å². The van der Waals surface area contributed by atoms with Gasteiger partial charge in [0.25, 0.3) is 5.91 Å². The van der Waals surface area contributed by atoms with Crippen molar-refractivity contribution in [2.24, 2.45) is 0 Å². The molecule has 5 heteroatoms. The van der Waals surface area contributed by atoms with Gasteiger partial charge < -0.3 is 14.1 Å². The van der Waals surface area contributed by atoms with Gasteiger partial charge in [0.1, 0.15) is 11.3 Å². The smallest absolute Gasteiger partial charge is 0.290 e. The second-order valence-electron chi connectivity index (χ2n) is 6.41. The van der Waals surface area contributed by atoms with Crippen molar-refractivity contribution in [3.8, 4) is 5.75 Å². The van der Waals surface area contributed by atoms with Crippen LogP contribution in [0.15, 0.2) is 57.7 Å². The molecule has 0 bridgehead atoms. The summed E-state index contributed by atoms with van der Waals surface area (Å²) in [4.78, 5) is 27.2. The third-order valence-electron chi connectivity index (χ3n) is 4.68. The molecule has 1 unspecified atom stereocenters. The Labute approximate surface area is 150 Å². The third kappa shape index (κ3) is 2.47. The van der Waals surface area contributed by atoms with Crippen LogP contribution in [-0.4, -0.2) is 24.5 Å². The molecular formula is C21H19NO4. The lowest BCUT2D eigenvalue weighted by molar-refractivity contribution is 0.0771. The number of carbonyl (C=O) groups is 1. The van der Waals surface area contributed by atoms with E-state index in [-0.39, 0.29) is 17.1 Å². The molecule has 1 atom stereocenters. The fourth-order valence-corrected chi connectivity index (χ4v) is 3.39. The minimum absolute atomic E-state index is 0.132. The highest BCUT2D eigenvalue weighted by atomic mass is 16.5. The van der Waals surface area contributed by atoms with Crippen molar-refractivity contribution in [2.75, 3.05) is 13.7 Å². The van der Waals surface area contributed by atoms with Gasteiger partial charge in [-0.2, -0.15) is 0 Å². The molecule has 1 aliphatic rings. The van der Waals surface area contributed by atoms with Crippen LogP contribution in [0.1, 0.15) is 41.1 Å². The topological polar surface area (TPSA) is 59.8 Å². The molecule has 0 saturated heterocycles. The van der Waals surface area contributed by atoms with E-state index in [4.69, 9.17) is 9.15 Å². The largest absolute Gasteiger partial charge is 0.494 e. The first-order valence-corrected chi connectivity index (χ1v) is 8.67. The van der Waals surface area contributed by atoms with Crippen LogP contribution in [0.5, 0.6) is 5.75 Å². The fraction of sp³-hybridized carbons (Fsp3) is 0.238. The quantitative estimate of drug-likeness (QED) is 0.720. The molecule has 2 heterocycles. The van der Waals surface area contributed by atoms with Gasteiger partial charge >= 0.3 is 0 Å². The molecule has 26 heavy (non-hydrogen) atoms. The number of ether oxygens (including phenoxy) is 1. The van der Waals surface area contributed by atoms with Crippen LogP contribution in [-0.2, 0) is 0 Å². The van der Waals surface area contributed by atoms with Crippen LogP contribution >= 0.6 is 0 Å². The van der Waals surface area contributed by atoms with Crippen LogP contribution in [0, 0.1) is 0 Å². The molecule has 0 fully saturated rings. The van der Waals surface area contributed by atoms with Crippen molar-refractivity contribution in [1.29, 1.82) is 0 Å². The highest BCUT2D eigenvalue weighted by Gasteiger charge is 2.40. The Morgan fingerprint density at radius 2 is 1.81 bits per heavy atom. The summed E-state index contributed by atoms with van der Waals surface area (Å²) >= 11 is 0. The Kier molecular flexibility index (Phi) is 3.99. The summed E-state index contributed by atoms with van der Waals surface area (Å²) in [5.41, 5.74) is 1.53. The summed E-state index contributed by atoms with van der Waals surface area (Å²) in [5, 5.41) is 0.488. The van der Waals surface area contributed by atoms with Crippen LogP contribution in [0.2, 0.25) is 0 Å². The summed E-state index contributed by atoms with van der Waals surface area (Å²) in [5.74, 6) is 0.625. The van der Waals surface area contributed by atoms with E-state index in [1.54, 1.807) is 36.2 Å². The van der Waals surface area contributed by atoms with E-state index >= 15 is 0 Å². The van der Waals surface area contributed by atoms with Gasteiger partial charge in [0, 0.05) is 7.05 Å². The Morgan fingerprint density at radius 3 is 2.54 bits per heavy atom. The predicted octanol–water partition coefficient (Wildman–Crippen LogP) is 3.76. The monoisotopic (exact) mass is 349 g/mol. The maximum atomic E-state index is 13.0. The maximum Gasteiger partial charge on any atom is 0.290 e. The Morgan fingerprint density at radius 1 is 1.08 bits per heavy atom. The molecule has 1 aromatic heterocycles. The highest BCUT2D eigenvalue weighted by molar-refractivity contribution is 5.98. The second kappa shape index (κ2) is 6.33. The van der Waals surface area contributed by atoms with Crippen LogP contribution < -0.4 is 10.2 Å². The average molecular weight is 349 g/mol. The third-order valence-corrected chi connectivity index (χ3v) is 4.68. The van der Waals surface area contributed by atoms with Gasteiger partial charge in [-0.25, -0.2) is 0 Å². The van der Waals surface area contributed by atoms with Crippen LogP contribution in [0.25, 0.3) is 11.0 Å². The minimum Gasteiger partial charge on any atom is -0.494 e. The number of nitrogens with zero attached hydrogens (tertiary/aromatic N) is 1. The maximum absolute atomic E-state index is 13.0. The molecule has 1 amide bonds. The fourth-order valence-electron chi connectivity index (χ4n) is 3.39. The van der Waals surface area contributed by atoms with Crippen molar-refractivity contribution in [3.63, 3.8) is 0 Å². The van der Waals surface area contributed by atoms with E-state index in [1.807, 2.05) is 31.2 Å². The van der Waals surface area contributed by atoms with Crippen molar-refractivity contribution in [1.82, 2.24) is 4.90 Å². The first-order valence-electron chi connectivity index (χ1n) is 8.67. The standard InChI is InChI=1S/C21H19NO4/c1-3-12-25-14-10-8-13(9-11-14)18-17-19(23)15-6-4-5-7-16(15)26-20(17)21(24)22(18)2/h4-11,18H,3,12H2,1-2H3. The zero-order valence-electron chi connectivity index (χ0n) is 14.7. The Hall–Kier alpha value is -3.08. The van der Waals surface area contributed by atoms with Gasteiger partial charge in [-0.05, 0) is 36.2 Å². The normalized spacial score (nSPS) is 16.2. The van der Waals surface area contributed by atoms with Gasteiger partial charge in [-0.15, -0.1) is 0 Å². The van der Waals surface area contributed by atoms with Crippen molar-refractivity contribution in [2.45, 2.75) is 19.4 Å². The summed E-state index contributed by atoms with van der Waals surface area (Å²) < 4.78 is 11.4. The molecular weight excluding hydrogens is 330 g/mol. The number of hydrogen-bond acceptors (Lipinski definition) is 4. The van der Waals surface area contributed by atoms with Gasteiger partial charge in [0.05, 0.1) is 23.6 Å². The second-order valence-corrected chi connectivity index (χ2v) is 6.41. The van der Waals surface area contributed by atoms with E-state index < -0.39 is 6.04 Å². The predicted molar refractivity (Wildman–Crippen MR) is 98.6 cm³/mol. The number of rotatable bonds is 4. The molecule has 3 aromatic rings. The van der Waals surface area contributed by atoms with E-state index in [0.29, 0.717) is 23.1 Å². The Bertz CT molecular complexity index is 1040. The number of para-hydroxylation sites is 1. The highest BCUT2D eigenvalue weighted by Crippen LogP contribution is 2.37. The molecule has 0 aliphatic carbocycles. The molecule has 2 aromatic carbocycles. The molecule has 5 nitrogen and oxygen atoms in total. The number of fused-ring (bicyclic) bond motifs is 2.